The normalized spacial score (nSPS) is 14.2. The van der Waals surface area contributed by atoms with Crippen LogP contribution in [0.3, 0.4) is 0 Å². The molecule has 0 aliphatic rings. The fourth-order valence-electron chi connectivity index (χ4n) is 1.55. The Balaban J connectivity index is 4.37. The Kier molecular flexibility index (Phi) is 8.12. The molecule has 0 saturated heterocycles. The quantitative estimate of drug-likeness (QED) is 0.641. The lowest BCUT2D eigenvalue weighted by molar-refractivity contribution is 0.427. The van der Waals surface area contributed by atoms with Crippen LogP contribution in [0.25, 0.3) is 0 Å². The van der Waals surface area contributed by atoms with Crippen LogP contribution in [-0.2, 0) is 13.4 Å². The van der Waals surface area contributed by atoms with Gasteiger partial charge in [0, 0.05) is 11.1 Å². The molecule has 16 heavy (non-hydrogen) atoms. The highest BCUT2D eigenvalue weighted by Crippen LogP contribution is 2.28. The van der Waals surface area contributed by atoms with Gasteiger partial charge in [-0.3, -0.25) is 4.39 Å². The summed E-state index contributed by atoms with van der Waals surface area (Å²) in [6.45, 7) is 4.25. The zero-order valence-corrected chi connectivity index (χ0v) is 13.1. The SMILES string of the molecule is C[Si](=O)CCC(CC(CF)[Si](C)=O)[Si](C)=O. The van der Waals surface area contributed by atoms with Gasteiger partial charge in [0.15, 0.2) is 0 Å². The van der Waals surface area contributed by atoms with Crippen LogP contribution in [0.15, 0.2) is 0 Å². The van der Waals surface area contributed by atoms with Crippen LogP contribution in [0.1, 0.15) is 12.8 Å². The molecule has 2 atom stereocenters. The van der Waals surface area contributed by atoms with Crippen LogP contribution in [0, 0.1) is 0 Å². The van der Waals surface area contributed by atoms with E-state index in [1.54, 1.807) is 19.6 Å². The van der Waals surface area contributed by atoms with E-state index >= 15 is 0 Å². The third-order valence-corrected chi connectivity index (χ3v) is 6.96. The number of rotatable bonds is 8. The molecule has 0 aliphatic carbocycles. The highest BCUT2D eigenvalue weighted by molar-refractivity contribution is 6.45. The van der Waals surface area contributed by atoms with E-state index in [4.69, 9.17) is 0 Å². The Morgan fingerprint density at radius 2 is 1.50 bits per heavy atom. The summed E-state index contributed by atoms with van der Waals surface area (Å²) in [5, 5.41) is 0. The van der Waals surface area contributed by atoms with Gasteiger partial charge < -0.3 is 13.4 Å². The molecule has 2 unspecified atom stereocenters. The van der Waals surface area contributed by atoms with Crippen molar-refractivity contribution in [3.8, 4) is 0 Å². The molecule has 0 bridgehead atoms. The highest BCUT2D eigenvalue weighted by atomic mass is 28.3. The van der Waals surface area contributed by atoms with E-state index in [1.165, 1.54) is 0 Å². The van der Waals surface area contributed by atoms with Crippen molar-refractivity contribution in [2.45, 2.75) is 49.6 Å². The van der Waals surface area contributed by atoms with E-state index < -0.39 is 38.3 Å². The summed E-state index contributed by atoms with van der Waals surface area (Å²) in [7, 11) is -5.24. The van der Waals surface area contributed by atoms with Crippen molar-refractivity contribution in [3.05, 3.63) is 0 Å². The van der Waals surface area contributed by atoms with E-state index in [1.807, 2.05) is 0 Å². The molecule has 0 amide bonds. The van der Waals surface area contributed by atoms with Gasteiger partial charge in [-0.05, 0) is 38.5 Å². The average Bonchev–Trinajstić information content (AvgIpc) is 2.16. The summed E-state index contributed by atoms with van der Waals surface area (Å²) in [5.41, 5.74) is -0.559. The van der Waals surface area contributed by atoms with Gasteiger partial charge in [-0.2, -0.15) is 0 Å². The number of hydrogen-bond acceptors (Lipinski definition) is 3. The van der Waals surface area contributed by atoms with Crippen molar-refractivity contribution in [1.82, 2.24) is 0 Å². The molecular weight excluding hydrogens is 259 g/mol. The fraction of sp³-hybridized carbons (Fsp3) is 1.00. The third kappa shape index (κ3) is 6.54. The lowest BCUT2D eigenvalue weighted by atomic mass is 10.2. The molecule has 0 aromatic heterocycles. The first kappa shape index (κ1) is 16.0. The Morgan fingerprint density at radius 1 is 1.00 bits per heavy atom. The molecular formula is C9H19FO3Si3. The molecule has 0 aromatic rings. The van der Waals surface area contributed by atoms with Gasteiger partial charge in [0.1, 0.15) is 0 Å². The standard InChI is InChI=1S/C9H19FO3Si3/c1-14(11)5-4-8(15(2)12)6-9(7-10)16(3)13/h8-9H,4-7H2,1-3H3. The van der Waals surface area contributed by atoms with Crippen molar-refractivity contribution in [3.63, 3.8) is 0 Å². The molecule has 0 aromatic carbocycles. The van der Waals surface area contributed by atoms with Crippen LogP contribution in [-0.4, -0.2) is 32.7 Å². The smallest absolute Gasteiger partial charge is 0.279 e. The van der Waals surface area contributed by atoms with E-state index in [-0.39, 0.29) is 5.54 Å². The maximum absolute atomic E-state index is 12.6. The van der Waals surface area contributed by atoms with Crippen molar-refractivity contribution >= 4 is 26.0 Å². The maximum Gasteiger partial charge on any atom is 0.279 e. The molecule has 0 aliphatic heterocycles. The van der Waals surface area contributed by atoms with E-state index in [9.17, 15) is 17.8 Å². The third-order valence-electron chi connectivity index (χ3n) is 2.75. The summed E-state index contributed by atoms with van der Waals surface area (Å²) in [4.78, 5) is 0. The van der Waals surface area contributed by atoms with E-state index in [0.29, 0.717) is 18.9 Å². The summed E-state index contributed by atoms with van der Waals surface area (Å²) >= 11 is 0. The Bertz CT molecular complexity index is 283. The zero-order chi connectivity index (χ0) is 12.7. The second-order valence-electron chi connectivity index (χ2n) is 4.25. The fourth-order valence-corrected chi connectivity index (χ4v) is 4.83. The first-order valence-corrected chi connectivity index (χ1v) is 11.5. The van der Waals surface area contributed by atoms with Gasteiger partial charge in [-0.1, -0.05) is 0 Å². The van der Waals surface area contributed by atoms with Gasteiger partial charge in [-0.15, -0.1) is 0 Å². The van der Waals surface area contributed by atoms with Crippen molar-refractivity contribution in [2.24, 2.45) is 0 Å². The summed E-state index contributed by atoms with van der Waals surface area (Å²) < 4.78 is 46.4. The Labute approximate surface area is 100 Å². The van der Waals surface area contributed by atoms with Gasteiger partial charge in [-0.25, -0.2) is 0 Å². The molecule has 0 saturated carbocycles. The molecule has 92 valence electrons. The second kappa shape index (κ2) is 8.13. The maximum atomic E-state index is 12.6. The minimum atomic E-state index is -1.91. The molecule has 0 fully saturated rings. The molecule has 7 heteroatoms. The van der Waals surface area contributed by atoms with Gasteiger partial charge >= 0.3 is 0 Å². The minimum absolute atomic E-state index is 0.103. The van der Waals surface area contributed by atoms with Crippen LogP contribution in [0.2, 0.25) is 36.8 Å². The van der Waals surface area contributed by atoms with Crippen LogP contribution in [0.4, 0.5) is 4.39 Å². The van der Waals surface area contributed by atoms with Crippen molar-refractivity contribution in [1.29, 1.82) is 0 Å². The Hall–Kier alpha value is -0.0194. The number of hydrogen-bond donors (Lipinski definition) is 0. The molecule has 0 spiro atoms. The predicted molar refractivity (Wildman–Crippen MR) is 64.4 cm³/mol. The summed E-state index contributed by atoms with van der Waals surface area (Å²) in [6, 6.07) is 0.559. The lowest BCUT2D eigenvalue weighted by Crippen LogP contribution is -2.16. The molecule has 0 radical (unpaired) electrons. The van der Waals surface area contributed by atoms with Gasteiger partial charge in [0.05, 0.1) is 6.67 Å². The van der Waals surface area contributed by atoms with Gasteiger partial charge in [0.2, 0.25) is 0 Å². The molecule has 0 heterocycles. The largest absolute Gasteiger partial charge is 0.389 e. The molecule has 0 rings (SSSR count). The summed E-state index contributed by atoms with van der Waals surface area (Å²) in [6.07, 6.45) is 1.02. The van der Waals surface area contributed by atoms with Crippen molar-refractivity contribution in [2.75, 3.05) is 6.67 Å². The minimum Gasteiger partial charge on any atom is -0.389 e. The first-order valence-electron chi connectivity index (χ1n) is 5.44. The Morgan fingerprint density at radius 3 is 1.81 bits per heavy atom. The number of alkyl halides is 1. The van der Waals surface area contributed by atoms with E-state index in [0.717, 1.165) is 0 Å². The predicted octanol–water partition coefficient (Wildman–Crippen LogP) is 2.63. The van der Waals surface area contributed by atoms with Crippen LogP contribution < -0.4 is 0 Å². The van der Waals surface area contributed by atoms with Gasteiger partial charge in [0.25, 0.3) is 26.0 Å². The average molecular weight is 279 g/mol. The summed E-state index contributed by atoms with van der Waals surface area (Å²) in [5.74, 6) is 0. The molecule has 3 nitrogen and oxygen atoms in total. The second-order valence-corrected chi connectivity index (χ2v) is 10.2. The lowest BCUT2D eigenvalue weighted by Gasteiger charge is -2.15. The highest BCUT2D eigenvalue weighted by Gasteiger charge is 2.25. The van der Waals surface area contributed by atoms with Crippen LogP contribution in [0.5, 0.6) is 0 Å². The zero-order valence-electron chi connectivity index (χ0n) is 10.1. The molecule has 0 N–H and O–H groups in total. The van der Waals surface area contributed by atoms with E-state index in [2.05, 4.69) is 0 Å². The first-order chi connectivity index (χ1) is 7.38. The van der Waals surface area contributed by atoms with Crippen LogP contribution >= 0.6 is 0 Å². The number of halogens is 1. The topological polar surface area (TPSA) is 51.2 Å². The monoisotopic (exact) mass is 278 g/mol. The van der Waals surface area contributed by atoms with Crippen molar-refractivity contribution < 1.29 is 17.8 Å².